The smallest absolute Gasteiger partial charge is 0.314 e. The minimum atomic E-state index is -0.552. The van der Waals surface area contributed by atoms with Crippen molar-refractivity contribution in [2.45, 2.75) is 18.9 Å². The quantitative estimate of drug-likeness (QED) is 0.682. The number of benzene rings is 1. The Bertz CT molecular complexity index is 415. The zero-order valence-electron chi connectivity index (χ0n) is 11.6. The topological polar surface area (TPSA) is 70.6 Å². The lowest BCUT2D eigenvalue weighted by Crippen LogP contribution is -2.38. The van der Waals surface area contributed by atoms with Gasteiger partial charge in [0.2, 0.25) is 0 Å². The molecule has 0 saturated heterocycles. The number of urea groups is 1. The number of halogens is 1. The van der Waals surface area contributed by atoms with Gasteiger partial charge in [0, 0.05) is 25.2 Å². The van der Waals surface area contributed by atoms with Crippen LogP contribution in [0.3, 0.4) is 0 Å². The standard InChI is InChI=1S/C14H21ClN2O3/c1-20-10-12(18)7-9-17-14(19)16-8-6-11-4-2-3-5-13(11)15/h2-5,12,18H,6-10H2,1H3,(H2,16,17,19). The number of nitrogens with one attached hydrogen (secondary N) is 2. The van der Waals surface area contributed by atoms with E-state index in [1.165, 1.54) is 7.11 Å². The maximum Gasteiger partial charge on any atom is 0.314 e. The zero-order chi connectivity index (χ0) is 14.8. The highest BCUT2D eigenvalue weighted by atomic mass is 35.5. The van der Waals surface area contributed by atoms with Gasteiger partial charge < -0.3 is 20.5 Å². The van der Waals surface area contributed by atoms with Crippen molar-refractivity contribution in [2.75, 3.05) is 26.8 Å². The summed E-state index contributed by atoms with van der Waals surface area (Å²) in [7, 11) is 1.53. The fourth-order valence-corrected chi connectivity index (χ4v) is 1.93. The van der Waals surface area contributed by atoms with Gasteiger partial charge in [-0.05, 0) is 24.5 Å². The van der Waals surface area contributed by atoms with E-state index in [2.05, 4.69) is 10.6 Å². The summed E-state index contributed by atoms with van der Waals surface area (Å²) in [6.07, 6.45) is 0.592. The largest absolute Gasteiger partial charge is 0.391 e. The summed E-state index contributed by atoms with van der Waals surface area (Å²) in [4.78, 5) is 11.5. The minimum Gasteiger partial charge on any atom is -0.391 e. The molecule has 5 nitrogen and oxygen atoms in total. The molecule has 0 saturated carbocycles. The molecule has 0 heterocycles. The van der Waals surface area contributed by atoms with Crippen molar-refractivity contribution in [3.63, 3.8) is 0 Å². The van der Waals surface area contributed by atoms with Crippen LogP contribution in [0, 0.1) is 0 Å². The van der Waals surface area contributed by atoms with Gasteiger partial charge in [-0.3, -0.25) is 0 Å². The first-order chi connectivity index (χ1) is 9.63. The lowest BCUT2D eigenvalue weighted by atomic mass is 10.1. The van der Waals surface area contributed by atoms with E-state index < -0.39 is 6.10 Å². The van der Waals surface area contributed by atoms with E-state index in [0.29, 0.717) is 31.0 Å². The predicted octanol–water partition coefficient (Wildman–Crippen LogP) is 1.58. The Morgan fingerprint density at radius 3 is 2.75 bits per heavy atom. The molecule has 1 unspecified atom stereocenters. The Kier molecular flexibility index (Phi) is 8.02. The van der Waals surface area contributed by atoms with Gasteiger partial charge in [0.15, 0.2) is 0 Å². The molecule has 0 radical (unpaired) electrons. The number of hydrogen-bond donors (Lipinski definition) is 3. The Morgan fingerprint density at radius 1 is 1.35 bits per heavy atom. The number of amides is 2. The maximum atomic E-state index is 11.5. The van der Waals surface area contributed by atoms with Crippen LogP contribution in [0.25, 0.3) is 0 Å². The highest BCUT2D eigenvalue weighted by Crippen LogP contribution is 2.14. The summed E-state index contributed by atoms with van der Waals surface area (Å²) in [5.41, 5.74) is 1.00. The van der Waals surface area contributed by atoms with Crippen LogP contribution in [-0.2, 0) is 11.2 Å². The summed E-state index contributed by atoms with van der Waals surface area (Å²) in [5, 5.41) is 15.5. The summed E-state index contributed by atoms with van der Waals surface area (Å²) in [6, 6.07) is 7.30. The number of hydrogen-bond acceptors (Lipinski definition) is 3. The average molecular weight is 301 g/mol. The van der Waals surface area contributed by atoms with E-state index in [0.717, 1.165) is 5.56 Å². The number of aliphatic hydroxyl groups excluding tert-OH is 1. The Morgan fingerprint density at radius 2 is 2.05 bits per heavy atom. The highest BCUT2D eigenvalue weighted by molar-refractivity contribution is 6.31. The van der Waals surface area contributed by atoms with Gasteiger partial charge in [-0.2, -0.15) is 0 Å². The molecule has 20 heavy (non-hydrogen) atoms. The average Bonchev–Trinajstić information content (AvgIpc) is 2.41. The van der Waals surface area contributed by atoms with Crippen LogP contribution in [-0.4, -0.2) is 44.0 Å². The molecule has 0 aliphatic rings. The third-order valence-electron chi connectivity index (χ3n) is 2.76. The second-order valence-electron chi connectivity index (χ2n) is 4.42. The Balaban J connectivity index is 2.13. The second-order valence-corrected chi connectivity index (χ2v) is 4.83. The van der Waals surface area contributed by atoms with Crippen molar-refractivity contribution >= 4 is 17.6 Å². The number of ether oxygens (including phenoxy) is 1. The first kappa shape index (κ1) is 16.8. The Labute approximate surface area is 124 Å². The van der Waals surface area contributed by atoms with Crippen LogP contribution in [0.2, 0.25) is 5.02 Å². The van der Waals surface area contributed by atoms with Crippen LogP contribution < -0.4 is 10.6 Å². The number of methoxy groups -OCH3 is 1. The molecule has 0 aromatic heterocycles. The summed E-state index contributed by atoms with van der Waals surface area (Å²) in [6.45, 7) is 1.19. The molecule has 0 fully saturated rings. The van der Waals surface area contributed by atoms with Gasteiger partial charge in [0.05, 0.1) is 12.7 Å². The van der Waals surface area contributed by atoms with E-state index in [1.54, 1.807) is 0 Å². The lowest BCUT2D eigenvalue weighted by molar-refractivity contribution is 0.0599. The SMILES string of the molecule is COCC(O)CCNC(=O)NCCc1ccccc1Cl. The molecule has 3 N–H and O–H groups in total. The summed E-state index contributed by atoms with van der Waals surface area (Å²) < 4.78 is 4.80. The number of carbonyl (C=O) groups excluding carboxylic acids is 1. The van der Waals surface area contributed by atoms with Gasteiger partial charge in [-0.15, -0.1) is 0 Å². The molecular weight excluding hydrogens is 280 g/mol. The van der Waals surface area contributed by atoms with E-state index >= 15 is 0 Å². The maximum absolute atomic E-state index is 11.5. The molecule has 1 aromatic rings. The van der Waals surface area contributed by atoms with Crippen molar-refractivity contribution < 1.29 is 14.6 Å². The molecule has 112 valence electrons. The van der Waals surface area contributed by atoms with Gasteiger partial charge in [-0.1, -0.05) is 29.8 Å². The highest BCUT2D eigenvalue weighted by Gasteiger charge is 2.05. The van der Waals surface area contributed by atoms with Gasteiger partial charge in [0.1, 0.15) is 0 Å². The summed E-state index contributed by atoms with van der Waals surface area (Å²) in [5.74, 6) is 0. The van der Waals surface area contributed by atoms with Gasteiger partial charge in [-0.25, -0.2) is 4.79 Å². The molecule has 1 aromatic carbocycles. The molecule has 0 aliphatic carbocycles. The van der Waals surface area contributed by atoms with Crippen LogP contribution in [0.4, 0.5) is 4.79 Å². The van der Waals surface area contributed by atoms with Gasteiger partial charge >= 0.3 is 6.03 Å². The van der Waals surface area contributed by atoms with Crippen LogP contribution in [0.1, 0.15) is 12.0 Å². The molecule has 0 aliphatic heterocycles. The zero-order valence-corrected chi connectivity index (χ0v) is 12.3. The third kappa shape index (κ3) is 6.75. The molecule has 6 heteroatoms. The fourth-order valence-electron chi connectivity index (χ4n) is 1.70. The Hall–Kier alpha value is -1.30. The van der Waals surface area contributed by atoms with Crippen molar-refractivity contribution in [2.24, 2.45) is 0 Å². The van der Waals surface area contributed by atoms with E-state index in [4.69, 9.17) is 16.3 Å². The minimum absolute atomic E-state index is 0.248. The molecular formula is C14H21ClN2O3. The van der Waals surface area contributed by atoms with Crippen molar-refractivity contribution in [1.82, 2.24) is 10.6 Å². The van der Waals surface area contributed by atoms with Crippen LogP contribution >= 0.6 is 11.6 Å². The summed E-state index contributed by atoms with van der Waals surface area (Å²) >= 11 is 6.02. The van der Waals surface area contributed by atoms with Crippen molar-refractivity contribution in [3.8, 4) is 0 Å². The number of aliphatic hydroxyl groups is 1. The second kappa shape index (κ2) is 9.58. The van der Waals surface area contributed by atoms with Gasteiger partial charge in [0.25, 0.3) is 0 Å². The first-order valence-electron chi connectivity index (χ1n) is 6.55. The molecule has 1 atom stereocenters. The predicted molar refractivity (Wildman–Crippen MR) is 79.1 cm³/mol. The lowest BCUT2D eigenvalue weighted by Gasteiger charge is -2.11. The monoisotopic (exact) mass is 300 g/mol. The molecule has 0 bridgehead atoms. The van der Waals surface area contributed by atoms with E-state index in [-0.39, 0.29) is 12.6 Å². The molecule has 2 amide bonds. The number of carbonyl (C=O) groups is 1. The van der Waals surface area contributed by atoms with Crippen molar-refractivity contribution in [1.29, 1.82) is 0 Å². The number of rotatable bonds is 8. The van der Waals surface area contributed by atoms with E-state index in [1.807, 2.05) is 24.3 Å². The van der Waals surface area contributed by atoms with E-state index in [9.17, 15) is 9.90 Å². The molecule has 1 rings (SSSR count). The van der Waals surface area contributed by atoms with Crippen molar-refractivity contribution in [3.05, 3.63) is 34.9 Å². The normalized spacial score (nSPS) is 11.9. The third-order valence-corrected chi connectivity index (χ3v) is 3.13. The van der Waals surface area contributed by atoms with Crippen LogP contribution in [0.5, 0.6) is 0 Å². The molecule has 0 spiro atoms. The fraction of sp³-hybridized carbons (Fsp3) is 0.500. The van der Waals surface area contributed by atoms with Crippen LogP contribution in [0.15, 0.2) is 24.3 Å². The first-order valence-corrected chi connectivity index (χ1v) is 6.93.